The van der Waals surface area contributed by atoms with E-state index < -0.39 is 11.6 Å². The zero-order valence-electron chi connectivity index (χ0n) is 24.0. The third-order valence-electron chi connectivity index (χ3n) is 8.87. The van der Waals surface area contributed by atoms with Crippen LogP contribution in [0.3, 0.4) is 0 Å². The summed E-state index contributed by atoms with van der Waals surface area (Å²) in [6.45, 7) is 1.46. The SMILES string of the molecule is CN1CCC[C@H]1C1CCCCC(=O)CN2CCOc3c(Cl)c(-c4ccc(F)c5sc(N)c(C#N)c45)c(F)c4nc(nc2c34)O1. The molecule has 228 valence electrons. The monoisotopic (exact) mass is 638 g/mol. The molecule has 4 aromatic rings. The van der Waals surface area contributed by atoms with E-state index in [0.717, 1.165) is 43.6 Å². The lowest BCUT2D eigenvalue weighted by atomic mass is 9.96. The summed E-state index contributed by atoms with van der Waals surface area (Å²) in [6.07, 6.45) is 4.40. The van der Waals surface area contributed by atoms with Crippen molar-refractivity contribution >= 4 is 60.5 Å². The fraction of sp³-hybridized carbons (Fsp3) is 0.419. The zero-order chi connectivity index (χ0) is 30.7. The Morgan fingerprint density at radius 1 is 1.16 bits per heavy atom. The highest BCUT2D eigenvalue weighted by atomic mass is 35.5. The molecule has 2 atom stereocenters. The van der Waals surface area contributed by atoms with E-state index in [-0.39, 0.29) is 90.5 Å². The molecule has 1 saturated heterocycles. The van der Waals surface area contributed by atoms with Crippen LogP contribution in [0.2, 0.25) is 5.02 Å². The number of Topliss-reactive ketones (excluding diaryl/α,β-unsaturated/α-hetero) is 1. The third kappa shape index (κ3) is 4.69. The van der Waals surface area contributed by atoms with E-state index >= 15 is 4.39 Å². The summed E-state index contributed by atoms with van der Waals surface area (Å²) in [5.41, 5.74) is 6.10. The van der Waals surface area contributed by atoms with Gasteiger partial charge in [-0.1, -0.05) is 17.7 Å². The maximum atomic E-state index is 17.0. The number of nitrogen functional groups attached to an aromatic ring is 1. The number of thiophene rings is 1. The van der Waals surface area contributed by atoms with Crippen LogP contribution in [0, 0.1) is 23.0 Å². The molecule has 2 aromatic carbocycles. The molecule has 1 unspecified atom stereocenters. The Bertz CT molecular complexity index is 1880. The molecule has 1 fully saturated rings. The topological polar surface area (TPSA) is 118 Å². The van der Waals surface area contributed by atoms with Gasteiger partial charge in [0.05, 0.1) is 33.8 Å². The highest BCUT2D eigenvalue weighted by Gasteiger charge is 2.35. The minimum absolute atomic E-state index is 0.00223. The van der Waals surface area contributed by atoms with Crippen molar-refractivity contribution in [2.75, 3.05) is 43.9 Å². The molecule has 44 heavy (non-hydrogen) atoms. The van der Waals surface area contributed by atoms with E-state index in [1.165, 1.54) is 12.1 Å². The lowest BCUT2D eigenvalue weighted by molar-refractivity contribution is -0.118. The average Bonchev–Trinajstić information content (AvgIpc) is 3.53. The van der Waals surface area contributed by atoms with Gasteiger partial charge in [0, 0.05) is 23.4 Å². The molecule has 2 aromatic heterocycles. The van der Waals surface area contributed by atoms with E-state index in [9.17, 15) is 14.4 Å². The molecule has 0 saturated carbocycles. The number of halogens is 3. The molecule has 5 heterocycles. The van der Waals surface area contributed by atoms with Gasteiger partial charge in [-0.25, -0.2) is 8.78 Å². The van der Waals surface area contributed by atoms with E-state index in [2.05, 4.69) is 16.9 Å². The molecule has 2 N–H and O–H groups in total. The van der Waals surface area contributed by atoms with Crippen LogP contribution < -0.4 is 20.1 Å². The van der Waals surface area contributed by atoms with Gasteiger partial charge in [-0.3, -0.25) is 9.69 Å². The number of rotatable bonds is 2. The van der Waals surface area contributed by atoms with Gasteiger partial charge >= 0.3 is 6.01 Å². The van der Waals surface area contributed by atoms with Gasteiger partial charge in [0.1, 0.15) is 40.9 Å². The lowest BCUT2D eigenvalue weighted by Crippen LogP contribution is -2.40. The predicted octanol–water partition coefficient (Wildman–Crippen LogP) is 6.08. The van der Waals surface area contributed by atoms with Crippen LogP contribution in [-0.2, 0) is 4.79 Å². The van der Waals surface area contributed by atoms with Gasteiger partial charge in [-0.05, 0) is 57.3 Å². The van der Waals surface area contributed by atoms with Crippen molar-refractivity contribution in [1.82, 2.24) is 14.9 Å². The molecule has 9 nitrogen and oxygen atoms in total. The van der Waals surface area contributed by atoms with Gasteiger partial charge < -0.3 is 20.1 Å². The highest BCUT2D eigenvalue weighted by molar-refractivity contribution is 7.23. The number of nitrogens with two attached hydrogens (primary N) is 1. The number of fused-ring (bicyclic) bond motifs is 2. The van der Waals surface area contributed by atoms with Gasteiger partial charge in [0.25, 0.3) is 0 Å². The minimum atomic E-state index is -0.803. The molecule has 0 aliphatic carbocycles. The van der Waals surface area contributed by atoms with Gasteiger partial charge in [0.15, 0.2) is 17.3 Å². The molecule has 3 aliphatic heterocycles. The average molecular weight is 639 g/mol. The number of benzene rings is 2. The second-order valence-corrected chi connectivity index (χ2v) is 13.0. The van der Waals surface area contributed by atoms with E-state index in [1.54, 1.807) is 4.90 Å². The number of ether oxygens (including phenoxy) is 2. The first-order valence-electron chi connectivity index (χ1n) is 14.7. The number of hydrogen-bond donors (Lipinski definition) is 1. The number of nitriles is 1. The first-order valence-corrected chi connectivity index (χ1v) is 15.9. The lowest BCUT2D eigenvalue weighted by Gasteiger charge is -2.30. The number of ketones is 1. The summed E-state index contributed by atoms with van der Waals surface area (Å²) in [5.74, 6) is -0.887. The maximum Gasteiger partial charge on any atom is 0.319 e. The smallest absolute Gasteiger partial charge is 0.319 e. The Balaban J connectivity index is 1.50. The molecule has 0 spiro atoms. The number of hydrogen-bond acceptors (Lipinski definition) is 10. The largest absolute Gasteiger partial charge is 0.489 e. The Labute approximate surface area is 261 Å². The predicted molar refractivity (Wildman–Crippen MR) is 166 cm³/mol. The maximum absolute atomic E-state index is 17.0. The van der Waals surface area contributed by atoms with Crippen molar-refractivity contribution in [3.63, 3.8) is 0 Å². The number of aromatic nitrogens is 2. The Kier molecular flexibility index (Phi) is 7.43. The fourth-order valence-corrected chi connectivity index (χ4v) is 8.03. The van der Waals surface area contributed by atoms with Crippen LogP contribution in [-0.4, -0.2) is 66.1 Å². The van der Waals surface area contributed by atoms with Gasteiger partial charge in [0.2, 0.25) is 0 Å². The molecule has 7 rings (SSSR count). The van der Waals surface area contributed by atoms with Crippen molar-refractivity contribution < 1.29 is 23.0 Å². The molecular formula is C31H29ClF2N6O3S. The van der Waals surface area contributed by atoms with E-state index in [0.29, 0.717) is 25.2 Å². The third-order valence-corrected chi connectivity index (χ3v) is 10.3. The van der Waals surface area contributed by atoms with Gasteiger partial charge in [-0.15, -0.1) is 11.3 Å². The molecule has 0 radical (unpaired) electrons. The zero-order valence-corrected chi connectivity index (χ0v) is 25.5. The van der Waals surface area contributed by atoms with Crippen LogP contribution in [0.25, 0.3) is 32.1 Å². The Hall–Kier alpha value is -3.79. The Morgan fingerprint density at radius 3 is 2.77 bits per heavy atom. The van der Waals surface area contributed by atoms with Crippen molar-refractivity contribution in [2.24, 2.45) is 0 Å². The van der Waals surface area contributed by atoms with Crippen LogP contribution >= 0.6 is 22.9 Å². The van der Waals surface area contributed by atoms with Crippen molar-refractivity contribution in [1.29, 1.82) is 5.26 Å². The van der Waals surface area contributed by atoms with E-state index in [4.69, 9.17) is 31.8 Å². The van der Waals surface area contributed by atoms with Crippen molar-refractivity contribution in [3.05, 3.63) is 34.4 Å². The number of likely N-dealkylation sites (N-methyl/N-ethyl adjacent to an activating group) is 1. The first kappa shape index (κ1) is 29.0. The number of carbonyl (C=O) groups excluding carboxylic acids is 1. The number of nitrogens with zero attached hydrogens (tertiary/aromatic N) is 5. The fourth-order valence-electron chi connectivity index (χ4n) is 6.75. The van der Waals surface area contributed by atoms with Crippen LogP contribution in [0.1, 0.15) is 44.1 Å². The van der Waals surface area contributed by atoms with Crippen molar-refractivity contribution in [3.8, 4) is 29.0 Å². The number of likely N-dealkylation sites (tertiary alicyclic amines) is 1. The molecule has 13 heteroatoms. The van der Waals surface area contributed by atoms with Gasteiger partial charge in [-0.2, -0.15) is 15.2 Å². The first-order chi connectivity index (χ1) is 21.3. The van der Waals surface area contributed by atoms with E-state index in [1.807, 2.05) is 6.07 Å². The quantitative estimate of drug-likeness (QED) is 0.279. The minimum Gasteiger partial charge on any atom is -0.489 e. The summed E-state index contributed by atoms with van der Waals surface area (Å²) in [7, 11) is 2.06. The van der Waals surface area contributed by atoms with Crippen LogP contribution in [0.5, 0.6) is 11.8 Å². The summed E-state index contributed by atoms with van der Waals surface area (Å²) in [6, 6.07) is 4.74. The summed E-state index contributed by atoms with van der Waals surface area (Å²) >= 11 is 7.85. The summed E-state index contributed by atoms with van der Waals surface area (Å²) < 4.78 is 44.6. The Morgan fingerprint density at radius 2 is 2.00 bits per heavy atom. The summed E-state index contributed by atoms with van der Waals surface area (Å²) in [4.78, 5) is 26.5. The molecule has 0 amide bonds. The number of carbonyl (C=O) groups is 1. The van der Waals surface area contributed by atoms with Crippen molar-refractivity contribution in [2.45, 2.75) is 50.7 Å². The second-order valence-electron chi connectivity index (χ2n) is 11.5. The highest BCUT2D eigenvalue weighted by Crippen LogP contribution is 2.50. The van der Waals surface area contributed by atoms with Crippen LogP contribution in [0.15, 0.2) is 12.1 Å². The molecule has 3 aliphatic rings. The molecule has 2 bridgehead atoms. The summed E-state index contributed by atoms with van der Waals surface area (Å²) in [5, 5.41) is 10.3. The number of anilines is 2. The normalized spacial score (nSPS) is 21.1. The standard InChI is InChI=1S/C31H29ClF2N6O3S/c1-39-10-4-6-19(39)20-7-3-2-5-15(41)14-40-11-12-42-27-23-26(37-31(43-20)38-30(23)40)25(34)22(24(27)32)16-8-9-18(33)28-21(16)17(13-35)29(36)44-28/h8-9,19-20H,2-7,10-12,14,36H2,1H3/t19-,20?/m0/s1. The van der Waals surface area contributed by atoms with Crippen LogP contribution in [0.4, 0.5) is 19.6 Å². The molecular weight excluding hydrogens is 610 g/mol. The second kappa shape index (κ2) is 11.3.